The minimum absolute atomic E-state index is 0.282. The lowest BCUT2D eigenvalue weighted by Crippen LogP contribution is -2.39. The maximum absolute atomic E-state index is 5.79. The molecule has 0 spiro atoms. The Labute approximate surface area is 127 Å². The molecular weight excluding hydrogens is 258 g/mol. The van der Waals surface area contributed by atoms with E-state index in [2.05, 4.69) is 62.4 Å². The van der Waals surface area contributed by atoms with Crippen molar-refractivity contribution in [2.24, 2.45) is 17.2 Å². The summed E-state index contributed by atoms with van der Waals surface area (Å²) in [6, 6.07) is 10.7. The second-order valence-electron chi connectivity index (χ2n) is 7.06. The van der Waals surface area contributed by atoms with E-state index in [-0.39, 0.29) is 6.04 Å². The summed E-state index contributed by atoms with van der Waals surface area (Å²) in [5.74, 6) is 6.39. The van der Waals surface area contributed by atoms with Crippen molar-refractivity contribution >= 4 is 10.9 Å². The van der Waals surface area contributed by atoms with Crippen LogP contribution in [0.2, 0.25) is 0 Å². The number of aromatic nitrogens is 1. The lowest BCUT2D eigenvalue weighted by molar-refractivity contribution is 0.222. The molecule has 2 aromatic rings. The van der Waals surface area contributed by atoms with Crippen LogP contribution in [0.15, 0.2) is 36.5 Å². The molecule has 0 radical (unpaired) electrons. The molecule has 0 bridgehead atoms. The van der Waals surface area contributed by atoms with Gasteiger partial charge < -0.3 is 0 Å². The fourth-order valence-corrected chi connectivity index (χ4v) is 2.59. The van der Waals surface area contributed by atoms with Crippen LogP contribution >= 0.6 is 0 Å². The molecule has 0 saturated carbocycles. The molecule has 3 nitrogen and oxygen atoms in total. The number of rotatable bonds is 5. The summed E-state index contributed by atoms with van der Waals surface area (Å²) in [4.78, 5) is 4.42. The molecule has 2 atom stereocenters. The van der Waals surface area contributed by atoms with E-state index in [0.717, 1.165) is 18.4 Å². The van der Waals surface area contributed by atoms with Crippen LogP contribution < -0.4 is 11.3 Å². The Morgan fingerprint density at radius 3 is 2.57 bits per heavy atom. The molecular formula is C18H27N3. The molecule has 0 amide bonds. The second-order valence-corrected chi connectivity index (χ2v) is 7.06. The van der Waals surface area contributed by atoms with Crippen LogP contribution in [0.5, 0.6) is 0 Å². The predicted molar refractivity (Wildman–Crippen MR) is 89.8 cm³/mol. The summed E-state index contributed by atoms with van der Waals surface area (Å²) < 4.78 is 0. The van der Waals surface area contributed by atoms with E-state index in [1.165, 1.54) is 10.9 Å². The SMILES string of the molecule is CC(CC(Cc1ccnc2ccccc12)NN)C(C)(C)C. The van der Waals surface area contributed by atoms with Crippen molar-refractivity contribution in [3.63, 3.8) is 0 Å². The second kappa shape index (κ2) is 6.54. The Balaban J connectivity index is 2.17. The zero-order chi connectivity index (χ0) is 15.5. The molecule has 0 saturated heterocycles. The Kier molecular flexibility index (Phi) is 4.96. The highest BCUT2D eigenvalue weighted by molar-refractivity contribution is 5.81. The van der Waals surface area contributed by atoms with Gasteiger partial charge in [-0.2, -0.15) is 0 Å². The molecule has 3 N–H and O–H groups in total. The molecule has 21 heavy (non-hydrogen) atoms. The third kappa shape index (κ3) is 4.02. The number of pyridine rings is 1. The van der Waals surface area contributed by atoms with Crippen LogP contribution in [-0.4, -0.2) is 11.0 Å². The molecule has 1 aromatic carbocycles. The summed E-state index contributed by atoms with van der Waals surface area (Å²) >= 11 is 0. The van der Waals surface area contributed by atoms with E-state index in [0.29, 0.717) is 11.3 Å². The molecule has 0 aliphatic carbocycles. The van der Waals surface area contributed by atoms with Crippen LogP contribution in [0.25, 0.3) is 10.9 Å². The first-order valence-corrected chi connectivity index (χ1v) is 7.70. The monoisotopic (exact) mass is 285 g/mol. The van der Waals surface area contributed by atoms with Crippen LogP contribution in [0.4, 0.5) is 0 Å². The zero-order valence-corrected chi connectivity index (χ0v) is 13.6. The van der Waals surface area contributed by atoms with Crippen LogP contribution in [0.3, 0.4) is 0 Å². The first-order chi connectivity index (χ1) is 9.91. The van der Waals surface area contributed by atoms with Gasteiger partial charge in [0.15, 0.2) is 0 Å². The average molecular weight is 285 g/mol. The maximum Gasteiger partial charge on any atom is 0.0704 e. The Bertz CT molecular complexity index is 581. The van der Waals surface area contributed by atoms with E-state index in [1.807, 2.05) is 12.3 Å². The smallest absolute Gasteiger partial charge is 0.0704 e. The Morgan fingerprint density at radius 1 is 1.19 bits per heavy atom. The number of benzene rings is 1. The minimum Gasteiger partial charge on any atom is -0.271 e. The number of nitrogens with one attached hydrogen (secondary N) is 1. The van der Waals surface area contributed by atoms with E-state index in [4.69, 9.17) is 5.84 Å². The van der Waals surface area contributed by atoms with Gasteiger partial charge >= 0.3 is 0 Å². The first kappa shape index (κ1) is 15.9. The summed E-state index contributed by atoms with van der Waals surface area (Å²) in [5.41, 5.74) is 5.66. The van der Waals surface area contributed by atoms with Gasteiger partial charge in [0, 0.05) is 17.6 Å². The molecule has 0 aliphatic heterocycles. The third-order valence-electron chi connectivity index (χ3n) is 4.56. The number of fused-ring (bicyclic) bond motifs is 1. The van der Waals surface area contributed by atoms with Crippen molar-refractivity contribution in [3.8, 4) is 0 Å². The fraction of sp³-hybridized carbons (Fsp3) is 0.500. The number of para-hydroxylation sites is 1. The van der Waals surface area contributed by atoms with Crippen molar-refractivity contribution in [3.05, 3.63) is 42.1 Å². The molecule has 1 aromatic heterocycles. The van der Waals surface area contributed by atoms with Crippen molar-refractivity contribution in [1.29, 1.82) is 0 Å². The molecule has 0 fully saturated rings. The highest BCUT2D eigenvalue weighted by atomic mass is 15.2. The predicted octanol–water partition coefficient (Wildman–Crippen LogP) is 3.68. The van der Waals surface area contributed by atoms with Crippen LogP contribution in [0.1, 0.15) is 39.7 Å². The first-order valence-electron chi connectivity index (χ1n) is 7.70. The van der Waals surface area contributed by atoms with Crippen molar-refractivity contribution < 1.29 is 0 Å². The highest BCUT2D eigenvalue weighted by Crippen LogP contribution is 2.30. The van der Waals surface area contributed by atoms with Crippen LogP contribution in [0, 0.1) is 11.3 Å². The standard InChI is InChI=1S/C18H27N3/c1-13(18(2,3)4)11-15(21-19)12-14-9-10-20-17-8-6-5-7-16(14)17/h5-10,13,15,21H,11-12,19H2,1-4H3. The number of nitrogens with zero attached hydrogens (tertiary/aromatic N) is 1. The van der Waals surface area contributed by atoms with Crippen molar-refractivity contribution in [1.82, 2.24) is 10.4 Å². The topological polar surface area (TPSA) is 50.9 Å². The van der Waals surface area contributed by atoms with E-state index < -0.39 is 0 Å². The third-order valence-corrected chi connectivity index (χ3v) is 4.56. The van der Waals surface area contributed by atoms with E-state index >= 15 is 0 Å². The summed E-state index contributed by atoms with van der Waals surface area (Å²) in [6.07, 6.45) is 3.88. The minimum atomic E-state index is 0.282. The number of hydrogen-bond donors (Lipinski definition) is 2. The van der Waals surface area contributed by atoms with Gasteiger partial charge in [-0.05, 0) is 41.9 Å². The Hall–Kier alpha value is -1.45. The molecule has 3 heteroatoms. The molecule has 2 unspecified atom stereocenters. The van der Waals surface area contributed by atoms with Gasteiger partial charge in [0.2, 0.25) is 0 Å². The number of nitrogens with two attached hydrogens (primary N) is 1. The van der Waals surface area contributed by atoms with Gasteiger partial charge in [0.1, 0.15) is 0 Å². The van der Waals surface area contributed by atoms with Gasteiger partial charge in [-0.15, -0.1) is 0 Å². The van der Waals surface area contributed by atoms with Gasteiger partial charge in [-0.25, -0.2) is 0 Å². The average Bonchev–Trinajstić information content (AvgIpc) is 2.45. The highest BCUT2D eigenvalue weighted by Gasteiger charge is 2.23. The summed E-state index contributed by atoms with van der Waals surface area (Å²) in [6.45, 7) is 9.15. The van der Waals surface area contributed by atoms with Crippen LogP contribution in [-0.2, 0) is 6.42 Å². The summed E-state index contributed by atoms with van der Waals surface area (Å²) in [5, 5.41) is 1.23. The normalized spacial score (nSPS) is 15.1. The lowest BCUT2D eigenvalue weighted by Gasteiger charge is -2.30. The van der Waals surface area contributed by atoms with E-state index in [1.54, 1.807) is 0 Å². The molecule has 1 heterocycles. The number of hydrazine groups is 1. The summed E-state index contributed by atoms with van der Waals surface area (Å²) in [7, 11) is 0. The zero-order valence-electron chi connectivity index (χ0n) is 13.6. The quantitative estimate of drug-likeness (QED) is 0.651. The molecule has 0 aliphatic rings. The maximum atomic E-state index is 5.79. The molecule has 2 rings (SSSR count). The van der Waals surface area contributed by atoms with Gasteiger partial charge in [-0.1, -0.05) is 45.9 Å². The fourth-order valence-electron chi connectivity index (χ4n) is 2.59. The van der Waals surface area contributed by atoms with E-state index in [9.17, 15) is 0 Å². The van der Waals surface area contributed by atoms with Crippen molar-refractivity contribution in [2.75, 3.05) is 0 Å². The lowest BCUT2D eigenvalue weighted by atomic mass is 9.78. The van der Waals surface area contributed by atoms with Gasteiger partial charge in [0.25, 0.3) is 0 Å². The number of hydrogen-bond acceptors (Lipinski definition) is 3. The van der Waals surface area contributed by atoms with Gasteiger partial charge in [0.05, 0.1) is 5.52 Å². The van der Waals surface area contributed by atoms with Gasteiger partial charge in [-0.3, -0.25) is 16.3 Å². The van der Waals surface area contributed by atoms with Crippen molar-refractivity contribution in [2.45, 2.75) is 46.6 Å². The largest absolute Gasteiger partial charge is 0.271 e. The Morgan fingerprint density at radius 2 is 1.90 bits per heavy atom. The molecule has 114 valence electrons.